The van der Waals surface area contributed by atoms with Crippen molar-refractivity contribution in [2.75, 3.05) is 6.54 Å². The summed E-state index contributed by atoms with van der Waals surface area (Å²) < 4.78 is 0. The first-order valence-electron chi connectivity index (χ1n) is 6.13. The van der Waals surface area contributed by atoms with E-state index in [1.165, 1.54) is 17.7 Å². The molecule has 16 heavy (non-hydrogen) atoms. The summed E-state index contributed by atoms with van der Waals surface area (Å²) in [6.07, 6.45) is 1.17. The number of aryl methyl sites for hydroxylation is 1. The van der Waals surface area contributed by atoms with Crippen molar-refractivity contribution >= 4 is 0 Å². The summed E-state index contributed by atoms with van der Waals surface area (Å²) in [5.41, 5.74) is 3.77. The number of rotatable bonds is 4. The predicted octanol–water partition coefficient (Wildman–Crippen LogP) is 3.19. The van der Waals surface area contributed by atoms with Crippen molar-refractivity contribution in [3.8, 4) is 0 Å². The molecule has 0 aromatic carbocycles. The zero-order valence-corrected chi connectivity index (χ0v) is 11.2. The Morgan fingerprint density at radius 3 is 2.44 bits per heavy atom. The molecule has 1 N–H and O–H groups in total. The predicted molar refractivity (Wildman–Crippen MR) is 69.7 cm³/mol. The molecule has 0 aliphatic heterocycles. The van der Waals surface area contributed by atoms with Gasteiger partial charge in [0.1, 0.15) is 0 Å². The van der Waals surface area contributed by atoms with E-state index in [9.17, 15) is 0 Å². The maximum Gasteiger partial charge on any atom is 0.0460 e. The first kappa shape index (κ1) is 13.2. The van der Waals surface area contributed by atoms with Crippen molar-refractivity contribution in [3.05, 3.63) is 29.1 Å². The fraction of sp³-hybridized carbons (Fsp3) is 0.643. The Morgan fingerprint density at radius 2 is 1.94 bits per heavy atom. The molecule has 2 nitrogen and oxygen atoms in total. The number of hydrogen-bond donors (Lipinski definition) is 1. The van der Waals surface area contributed by atoms with Crippen LogP contribution in [0.1, 0.15) is 51.1 Å². The van der Waals surface area contributed by atoms with Crippen LogP contribution in [0.5, 0.6) is 0 Å². The third-order valence-electron chi connectivity index (χ3n) is 2.71. The van der Waals surface area contributed by atoms with Crippen molar-refractivity contribution in [2.24, 2.45) is 0 Å². The van der Waals surface area contributed by atoms with E-state index in [1.54, 1.807) is 0 Å². The van der Waals surface area contributed by atoms with Gasteiger partial charge in [0.15, 0.2) is 0 Å². The molecule has 2 heteroatoms. The van der Waals surface area contributed by atoms with Gasteiger partial charge in [-0.25, -0.2) is 0 Å². The van der Waals surface area contributed by atoms with E-state index >= 15 is 0 Å². The van der Waals surface area contributed by atoms with Crippen LogP contribution < -0.4 is 5.32 Å². The maximum atomic E-state index is 4.68. The highest BCUT2D eigenvalue weighted by Crippen LogP contribution is 2.21. The average molecular weight is 220 g/mol. The fourth-order valence-corrected chi connectivity index (χ4v) is 1.59. The van der Waals surface area contributed by atoms with Gasteiger partial charge in [0, 0.05) is 23.3 Å². The molecule has 0 atom stereocenters. The molecule has 0 spiro atoms. The minimum Gasteiger partial charge on any atom is -0.313 e. The molecule has 0 radical (unpaired) electrons. The Bertz CT molecular complexity index is 337. The fourth-order valence-electron chi connectivity index (χ4n) is 1.59. The Balaban J connectivity index is 2.76. The lowest BCUT2D eigenvalue weighted by atomic mass is 9.91. The van der Waals surface area contributed by atoms with Crippen LogP contribution in [0.3, 0.4) is 0 Å². The second-order valence-electron chi connectivity index (χ2n) is 5.37. The van der Waals surface area contributed by atoms with Crippen LogP contribution in [-0.2, 0) is 12.0 Å². The van der Waals surface area contributed by atoms with Crippen LogP contribution in [0.2, 0.25) is 0 Å². The molecule has 1 aromatic rings. The first-order chi connectivity index (χ1) is 7.45. The van der Waals surface area contributed by atoms with E-state index in [0.29, 0.717) is 0 Å². The molecule has 0 bridgehead atoms. The number of nitrogens with one attached hydrogen (secondary N) is 1. The van der Waals surface area contributed by atoms with Crippen molar-refractivity contribution < 1.29 is 0 Å². The highest BCUT2D eigenvalue weighted by atomic mass is 14.9. The van der Waals surface area contributed by atoms with Gasteiger partial charge in [-0.05, 0) is 31.5 Å². The minimum atomic E-state index is 0.139. The van der Waals surface area contributed by atoms with E-state index in [4.69, 9.17) is 0 Å². The quantitative estimate of drug-likeness (QED) is 0.788. The van der Waals surface area contributed by atoms with Gasteiger partial charge in [-0.2, -0.15) is 0 Å². The smallest absolute Gasteiger partial charge is 0.0460 e. The number of nitrogens with zero attached hydrogens (tertiary/aromatic N) is 1. The van der Waals surface area contributed by atoms with Crippen molar-refractivity contribution in [2.45, 2.75) is 53.0 Å². The van der Waals surface area contributed by atoms with Gasteiger partial charge in [-0.1, -0.05) is 33.8 Å². The normalized spacial score (nSPS) is 11.8. The van der Waals surface area contributed by atoms with E-state index in [0.717, 1.165) is 18.8 Å². The summed E-state index contributed by atoms with van der Waals surface area (Å²) in [6.45, 7) is 12.9. The molecule has 1 heterocycles. The van der Waals surface area contributed by atoms with Crippen molar-refractivity contribution in [1.29, 1.82) is 0 Å². The molecule has 0 amide bonds. The maximum absolute atomic E-state index is 4.68. The van der Waals surface area contributed by atoms with Gasteiger partial charge in [-0.3, -0.25) is 4.98 Å². The summed E-state index contributed by atoms with van der Waals surface area (Å²) >= 11 is 0. The number of pyridine rings is 1. The zero-order valence-electron chi connectivity index (χ0n) is 11.2. The van der Waals surface area contributed by atoms with Gasteiger partial charge < -0.3 is 5.32 Å². The van der Waals surface area contributed by atoms with Crippen molar-refractivity contribution in [1.82, 2.24) is 10.3 Å². The van der Waals surface area contributed by atoms with E-state index in [2.05, 4.69) is 57.1 Å². The molecule has 1 rings (SSSR count). The molecular formula is C14H24N2. The molecule has 90 valence electrons. The van der Waals surface area contributed by atoms with Gasteiger partial charge in [0.25, 0.3) is 0 Å². The summed E-state index contributed by atoms with van der Waals surface area (Å²) in [5.74, 6) is 0. The topological polar surface area (TPSA) is 24.9 Å². The minimum absolute atomic E-state index is 0.139. The third-order valence-corrected chi connectivity index (χ3v) is 2.71. The molecule has 1 aromatic heterocycles. The molecule has 0 fully saturated rings. The zero-order chi connectivity index (χ0) is 12.2. The lowest BCUT2D eigenvalue weighted by molar-refractivity contribution is 0.565. The monoisotopic (exact) mass is 220 g/mol. The Hall–Kier alpha value is -0.890. The summed E-state index contributed by atoms with van der Waals surface area (Å²) in [6, 6.07) is 4.35. The van der Waals surface area contributed by atoms with E-state index in [1.807, 2.05) is 0 Å². The average Bonchev–Trinajstić information content (AvgIpc) is 2.19. The summed E-state index contributed by atoms with van der Waals surface area (Å²) in [4.78, 5) is 4.68. The third kappa shape index (κ3) is 3.60. The lowest BCUT2D eigenvalue weighted by Gasteiger charge is -2.19. The Kier molecular flexibility index (Phi) is 4.48. The van der Waals surface area contributed by atoms with Gasteiger partial charge in [0.2, 0.25) is 0 Å². The van der Waals surface area contributed by atoms with Crippen LogP contribution in [0.25, 0.3) is 0 Å². The molecule has 0 aliphatic rings. The SMILES string of the molecule is CCCNCc1ccc(C(C)(C)C)nc1C. The largest absolute Gasteiger partial charge is 0.313 e. The van der Waals surface area contributed by atoms with Gasteiger partial charge in [0.05, 0.1) is 0 Å². The second kappa shape index (κ2) is 5.44. The first-order valence-corrected chi connectivity index (χ1v) is 6.13. The van der Waals surface area contributed by atoms with Crippen LogP contribution in [0, 0.1) is 6.92 Å². The summed E-state index contributed by atoms with van der Waals surface area (Å²) in [5, 5.41) is 3.41. The molecule has 0 saturated heterocycles. The van der Waals surface area contributed by atoms with Gasteiger partial charge >= 0.3 is 0 Å². The second-order valence-corrected chi connectivity index (χ2v) is 5.37. The van der Waals surface area contributed by atoms with Crippen LogP contribution in [0.4, 0.5) is 0 Å². The standard InChI is InChI=1S/C14H24N2/c1-6-9-15-10-12-7-8-13(14(3,4)5)16-11(12)2/h7-8,15H,6,9-10H2,1-5H3. The molecule has 0 saturated carbocycles. The highest BCUT2D eigenvalue weighted by molar-refractivity contribution is 5.25. The van der Waals surface area contributed by atoms with E-state index < -0.39 is 0 Å². The Labute approximate surface area is 99.5 Å². The molecule has 0 aliphatic carbocycles. The van der Waals surface area contributed by atoms with Crippen LogP contribution in [-0.4, -0.2) is 11.5 Å². The summed E-state index contributed by atoms with van der Waals surface area (Å²) in [7, 11) is 0. The van der Waals surface area contributed by atoms with E-state index in [-0.39, 0.29) is 5.41 Å². The van der Waals surface area contributed by atoms with Crippen molar-refractivity contribution in [3.63, 3.8) is 0 Å². The number of aromatic nitrogens is 1. The molecule has 0 unspecified atom stereocenters. The Morgan fingerprint density at radius 1 is 1.25 bits per heavy atom. The highest BCUT2D eigenvalue weighted by Gasteiger charge is 2.15. The van der Waals surface area contributed by atoms with Gasteiger partial charge in [-0.15, -0.1) is 0 Å². The van der Waals surface area contributed by atoms with Crippen LogP contribution >= 0.6 is 0 Å². The lowest BCUT2D eigenvalue weighted by Crippen LogP contribution is -2.18. The molecular weight excluding hydrogens is 196 g/mol. The number of hydrogen-bond acceptors (Lipinski definition) is 2. The van der Waals surface area contributed by atoms with Crippen LogP contribution in [0.15, 0.2) is 12.1 Å².